The van der Waals surface area contributed by atoms with E-state index in [1.165, 1.54) is 6.20 Å². The summed E-state index contributed by atoms with van der Waals surface area (Å²) in [4.78, 5) is 15.9. The molecular formula is C11H13N5O2. The number of nitrogens with one attached hydrogen (secondary N) is 1. The lowest BCUT2D eigenvalue weighted by molar-refractivity contribution is -0.124. The number of Topliss-reactive ketones (excluding diaryl/α,β-unsaturated/α-hetero) is 1. The van der Waals surface area contributed by atoms with E-state index in [0.717, 1.165) is 19.3 Å². The highest BCUT2D eigenvalue weighted by molar-refractivity contribution is 5.81. The van der Waals surface area contributed by atoms with Crippen LogP contribution in [0.4, 0.5) is 0 Å². The molecule has 94 valence electrons. The maximum absolute atomic E-state index is 11.7. The van der Waals surface area contributed by atoms with Crippen molar-refractivity contribution in [2.24, 2.45) is 5.92 Å². The van der Waals surface area contributed by atoms with Crippen molar-refractivity contribution in [1.82, 2.24) is 25.6 Å². The number of ketones is 1. The monoisotopic (exact) mass is 247 g/mol. The highest BCUT2D eigenvalue weighted by Gasteiger charge is 2.25. The Labute approximate surface area is 103 Å². The summed E-state index contributed by atoms with van der Waals surface area (Å²) >= 11 is 0. The minimum absolute atomic E-state index is 0.0318. The number of carbonyl (C=O) groups is 1. The molecule has 2 aromatic rings. The topological polar surface area (TPSA) is 97.6 Å². The fourth-order valence-electron chi connectivity index (χ4n) is 2.23. The summed E-state index contributed by atoms with van der Waals surface area (Å²) in [6, 6.07) is 0. The lowest BCUT2D eigenvalue weighted by atomic mass is 9.86. The van der Waals surface area contributed by atoms with Gasteiger partial charge in [0.25, 0.3) is 0 Å². The van der Waals surface area contributed by atoms with Gasteiger partial charge in [-0.05, 0) is 12.8 Å². The molecule has 1 atom stereocenters. The van der Waals surface area contributed by atoms with E-state index in [1.54, 1.807) is 0 Å². The zero-order chi connectivity index (χ0) is 12.4. The first-order valence-electron chi connectivity index (χ1n) is 6.04. The second-order valence-corrected chi connectivity index (χ2v) is 4.48. The number of aromatic nitrogens is 5. The molecule has 3 rings (SSSR count). The third-order valence-corrected chi connectivity index (χ3v) is 3.21. The van der Waals surface area contributed by atoms with E-state index < -0.39 is 0 Å². The Morgan fingerprint density at radius 1 is 1.44 bits per heavy atom. The molecule has 7 nitrogen and oxygen atoms in total. The number of aromatic amines is 1. The highest BCUT2D eigenvalue weighted by atomic mass is 16.5. The van der Waals surface area contributed by atoms with Crippen molar-refractivity contribution in [3.8, 4) is 11.5 Å². The number of hydrogen-bond acceptors (Lipinski definition) is 6. The van der Waals surface area contributed by atoms with Crippen LogP contribution < -0.4 is 0 Å². The van der Waals surface area contributed by atoms with E-state index in [1.807, 2.05) is 0 Å². The minimum atomic E-state index is 0.0318. The normalized spacial score (nSPS) is 20.2. The molecular weight excluding hydrogens is 234 g/mol. The molecule has 1 unspecified atom stereocenters. The van der Waals surface area contributed by atoms with Gasteiger partial charge in [0.15, 0.2) is 5.69 Å². The molecule has 7 heteroatoms. The summed E-state index contributed by atoms with van der Waals surface area (Å²) in [6.07, 6.45) is 5.75. The van der Waals surface area contributed by atoms with Crippen LogP contribution in [-0.4, -0.2) is 31.3 Å². The van der Waals surface area contributed by atoms with Crippen molar-refractivity contribution in [3.05, 3.63) is 12.1 Å². The number of hydrogen-bond donors (Lipinski definition) is 1. The molecule has 18 heavy (non-hydrogen) atoms. The van der Waals surface area contributed by atoms with Gasteiger partial charge in [0, 0.05) is 18.8 Å². The van der Waals surface area contributed by atoms with Crippen LogP contribution in [0.3, 0.4) is 0 Å². The molecule has 1 aliphatic rings. The minimum Gasteiger partial charge on any atom is -0.339 e. The first kappa shape index (κ1) is 11.1. The smallest absolute Gasteiger partial charge is 0.227 e. The van der Waals surface area contributed by atoms with E-state index in [2.05, 4.69) is 25.6 Å². The number of rotatable bonds is 3. The molecule has 1 N–H and O–H groups in total. The van der Waals surface area contributed by atoms with Gasteiger partial charge in [-0.2, -0.15) is 20.4 Å². The molecule has 0 radical (unpaired) electrons. The van der Waals surface area contributed by atoms with Crippen LogP contribution in [0.2, 0.25) is 0 Å². The third-order valence-electron chi connectivity index (χ3n) is 3.21. The lowest BCUT2D eigenvalue weighted by Crippen LogP contribution is -2.21. The van der Waals surface area contributed by atoms with Gasteiger partial charge in [-0.25, -0.2) is 0 Å². The fraction of sp³-hybridized carbons (Fsp3) is 0.545. The van der Waals surface area contributed by atoms with Crippen molar-refractivity contribution >= 4 is 5.78 Å². The Bertz CT molecular complexity index is 533. The maximum Gasteiger partial charge on any atom is 0.227 e. The summed E-state index contributed by atoms with van der Waals surface area (Å²) in [5.74, 6) is 1.24. The van der Waals surface area contributed by atoms with Gasteiger partial charge in [0.05, 0.1) is 6.20 Å². The van der Waals surface area contributed by atoms with Crippen LogP contribution in [-0.2, 0) is 11.2 Å². The van der Waals surface area contributed by atoms with E-state index in [4.69, 9.17) is 4.52 Å². The van der Waals surface area contributed by atoms with Crippen molar-refractivity contribution in [2.45, 2.75) is 32.1 Å². The van der Waals surface area contributed by atoms with Crippen molar-refractivity contribution < 1.29 is 9.32 Å². The van der Waals surface area contributed by atoms with E-state index in [-0.39, 0.29) is 5.92 Å². The molecule has 1 aliphatic carbocycles. The summed E-state index contributed by atoms with van der Waals surface area (Å²) in [6.45, 7) is 0. The van der Waals surface area contributed by atoms with E-state index in [9.17, 15) is 4.79 Å². The second-order valence-electron chi connectivity index (χ2n) is 4.48. The van der Waals surface area contributed by atoms with Crippen LogP contribution in [0.1, 0.15) is 31.6 Å². The first-order chi connectivity index (χ1) is 8.83. The van der Waals surface area contributed by atoms with Crippen molar-refractivity contribution in [1.29, 1.82) is 0 Å². The average molecular weight is 247 g/mol. The predicted octanol–water partition coefficient (Wildman–Crippen LogP) is 1.16. The molecule has 0 aliphatic heterocycles. The number of H-pyrrole nitrogens is 1. The fourth-order valence-corrected chi connectivity index (χ4v) is 2.23. The maximum atomic E-state index is 11.7. The average Bonchev–Trinajstić information content (AvgIpc) is 3.02. The Hall–Kier alpha value is -2.05. The highest BCUT2D eigenvalue weighted by Crippen LogP contribution is 2.24. The summed E-state index contributed by atoms with van der Waals surface area (Å²) in [5, 5.41) is 13.9. The quantitative estimate of drug-likeness (QED) is 0.873. The van der Waals surface area contributed by atoms with Gasteiger partial charge in [0.2, 0.25) is 11.7 Å². The number of nitrogens with zero attached hydrogens (tertiary/aromatic N) is 4. The van der Waals surface area contributed by atoms with Crippen LogP contribution in [0.5, 0.6) is 0 Å². The molecule has 1 fully saturated rings. The zero-order valence-electron chi connectivity index (χ0n) is 9.80. The zero-order valence-corrected chi connectivity index (χ0v) is 9.80. The third kappa shape index (κ3) is 2.15. The largest absolute Gasteiger partial charge is 0.339 e. The molecule has 1 saturated carbocycles. The standard InChI is InChI=1S/C11H13N5O2/c17-9-4-2-1-3-7(9)5-10-13-11(15-18-10)8-6-12-16-14-8/h6-7H,1-5H2,(H,12,14,16). The summed E-state index contributed by atoms with van der Waals surface area (Å²) in [7, 11) is 0. The lowest BCUT2D eigenvalue weighted by Gasteiger charge is -2.18. The Morgan fingerprint density at radius 3 is 3.17 bits per heavy atom. The Kier molecular flexibility index (Phi) is 2.87. The van der Waals surface area contributed by atoms with Gasteiger partial charge in [0.1, 0.15) is 5.78 Å². The van der Waals surface area contributed by atoms with Crippen molar-refractivity contribution in [3.63, 3.8) is 0 Å². The Morgan fingerprint density at radius 2 is 2.39 bits per heavy atom. The molecule has 0 aromatic carbocycles. The van der Waals surface area contributed by atoms with E-state index in [0.29, 0.717) is 36.0 Å². The van der Waals surface area contributed by atoms with E-state index >= 15 is 0 Å². The van der Waals surface area contributed by atoms with Crippen molar-refractivity contribution in [2.75, 3.05) is 0 Å². The molecule has 0 saturated heterocycles. The molecule has 0 spiro atoms. The van der Waals surface area contributed by atoms with Gasteiger partial charge < -0.3 is 4.52 Å². The van der Waals surface area contributed by atoms with Crippen LogP contribution in [0, 0.1) is 5.92 Å². The van der Waals surface area contributed by atoms with Crippen LogP contribution in [0.25, 0.3) is 11.5 Å². The van der Waals surface area contributed by atoms with Gasteiger partial charge >= 0.3 is 0 Å². The Balaban J connectivity index is 1.72. The predicted molar refractivity (Wildman–Crippen MR) is 60.3 cm³/mol. The SMILES string of the molecule is O=C1CCCCC1Cc1nc(-c2cn[nH]n2)no1. The molecule has 2 heterocycles. The van der Waals surface area contributed by atoms with Gasteiger partial charge in [-0.1, -0.05) is 11.6 Å². The first-order valence-corrected chi connectivity index (χ1v) is 6.04. The molecule has 0 amide bonds. The number of carbonyl (C=O) groups excluding carboxylic acids is 1. The molecule has 0 bridgehead atoms. The summed E-state index contributed by atoms with van der Waals surface area (Å²) < 4.78 is 5.14. The van der Waals surface area contributed by atoms with Crippen LogP contribution in [0.15, 0.2) is 10.7 Å². The second kappa shape index (κ2) is 4.67. The van der Waals surface area contributed by atoms with Gasteiger partial charge in [-0.15, -0.1) is 0 Å². The van der Waals surface area contributed by atoms with Crippen LogP contribution >= 0.6 is 0 Å². The summed E-state index contributed by atoms with van der Waals surface area (Å²) in [5.41, 5.74) is 0.542. The van der Waals surface area contributed by atoms with Gasteiger partial charge in [-0.3, -0.25) is 4.79 Å². The molecule has 2 aromatic heterocycles.